The van der Waals surface area contributed by atoms with E-state index in [0.29, 0.717) is 24.7 Å². The normalized spacial score (nSPS) is 17.0. The third-order valence-corrected chi connectivity index (χ3v) is 6.85. The summed E-state index contributed by atoms with van der Waals surface area (Å²) in [5, 5.41) is 4.55. The predicted molar refractivity (Wildman–Crippen MR) is 112 cm³/mol. The van der Waals surface area contributed by atoms with E-state index >= 15 is 0 Å². The van der Waals surface area contributed by atoms with Crippen LogP contribution in [-0.2, 0) is 24.3 Å². The molecular weight excluding hydrogens is 442 g/mol. The van der Waals surface area contributed by atoms with E-state index in [1.807, 2.05) is 0 Å². The predicted octanol–water partition coefficient (Wildman–Crippen LogP) is 0.636. The van der Waals surface area contributed by atoms with E-state index in [0.717, 1.165) is 0 Å². The molecule has 0 saturated carbocycles. The summed E-state index contributed by atoms with van der Waals surface area (Å²) in [5.41, 5.74) is 0. The van der Waals surface area contributed by atoms with Gasteiger partial charge in [-0.3, -0.25) is 14.9 Å². The summed E-state index contributed by atoms with van der Waals surface area (Å²) in [6.45, 7) is 3.94. The molecule has 176 valence electrons. The molecule has 12 heteroatoms. The van der Waals surface area contributed by atoms with Crippen molar-refractivity contribution in [1.82, 2.24) is 14.9 Å². The number of ether oxygens (including phenoxy) is 3. The number of sulfonamides is 1. The number of nitrogens with zero attached hydrogens (tertiary/aromatic N) is 1. The molecule has 2 N–H and O–H groups in total. The van der Waals surface area contributed by atoms with Crippen LogP contribution in [0.1, 0.15) is 26.7 Å². The van der Waals surface area contributed by atoms with Gasteiger partial charge in [-0.1, -0.05) is 0 Å². The fourth-order valence-corrected chi connectivity index (χ4v) is 4.87. The smallest absolute Gasteiger partial charge is 0.321 e. The molecule has 1 saturated heterocycles. The van der Waals surface area contributed by atoms with Gasteiger partial charge in [-0.25, -0.2) is 13.2 Å². The topological polar surface area (TPSA) is 140 Å². The maximum absolute atomic E-state index is 13.0. The number of piperidine rings is 1. The molecule has 0 unspecified atom stereocenters. The SMILES string of the molecule is CC(C)NC(=O)NC(=O)COC(=O)C1CCN(S(=O)(=O)c2ccc3c(c2)OCCO3)CC1. The molecule has 0 bridgehead atoms. The second-order valence-corrected chi connectivity index (χ2v) is 9.71. The second kappa shape index (κ2) is 10.2. The molecular formula is C20H27N3O8S. The molecule has 0 spiro atoms. The molecule has 0 radical (unpaired) electrons. The summed E-state index contributed by atoms with van der Waals surface area (Å²) in [7, 11) is -3.76. The van der Waals surface area contributed by atoms with Gasteiger partial charge in [-0.15, -0.1) is 0 Å². The lowest BCUT2D eigenvalue weighted by Crippen LogP contribution is -2.44. The average molecular weight is 470 g/mol. The van der Waals surface area contributed by atoms with Crippen LogP contribution in [0, 0.1) is 5.92 Å². The van der Waals surface area contributed by atoms with E-state index in [4.69, 9.17) is 14.2 Å². The number of hydrogen-bond acceptors (Lipinski definition) is 8. The van der Waals surface area contributed by atoms with E-state index in [1.54, 1.807) is 19.9 Å². The first-order chi connectivity index (χ1) is 15.2. The van der Waals surface area contributed by atoms with Gasteiger partial charge in [0.15, 0.2) is 18.1 Å². The lowest BCUT2D eigenvalue weighted by atomic mass is 9.98. The first-order valence-corrected chi connectivity index (χ1v) is 11.8. The van der Waals surface area contributed by atoms with Crippen LogP contribution < -0.4 is 20.1 Å². The highest BCUT2D eigenvalue weighted by Gasteiger charge is 2.33. The Hall–Kier alpha value is -2.86. The zero-order valence-electron chi connectivity index (χ0n) is 18.0. The molecule has 3 rings (SSSR count). The van der Waals surface area contributed by atoms with Crippen LogP contribution in [0.4, 0.5) is 4.79 Å². The first-order valence-electron chi connectivity index (χ1n) is 10.3. The molecule has 2 aliphatic rings. The Morgan fingerprint density at radius 3 is 2.44 bits per heavy atom. The number of imide groups is 1. The number of hydrogen-bond donors (Lipinski definition) is 2. The zero-order valence-corrected chi connectivity index (χ0v) is 18.8. The summed E-state index contributed by atoms with van der Waals surface area (Å²) >= 11 is 0. The largest absolute Gasteiger partial charge is 0.486 e. The third kappa shape index (κ3) is 5.88. The molecule has 1 fully saturated rings. The van der Waals surface area contributed by atoms with E-state index in [9.17, 15) is 22.8 Å². The average Bonchev–Trinajstić information content (AvgIpc) is 2.76. The summed E-state index contributed by atoms with van der Waals surface area (Å²) in [6, 6.07) is 3.67. The fraction of sp³-hybridized carbons (Fsp3) is 0.550. The van der Waals surface area contributed by atoms with Gasteiger partial charge in [0.25, 0.3) is 5.91 Å². The minimum Gasteiger partial charge on any atom is -0.486 e. The minimum absolute atomic E-state index is 0.0964. The number of rotatable bonds is 6. The molecule has 32 heavy (non-hydrogen) atoms. The van der Waals surface area contributed by atoms with E-state index in [1.165, 1.54) is 16.4 Å². The minimum atomic E-state index is -3.76. The Morgan fingerprint density at radius 1 is 1.12 bits per heavy atom. The Balaban J connectivity index is 1.49. The van der Waals surface area contributed by atoms with Gasteiger partial charge in [0, 0.05) is 25.2 Å². The van der Waals surface area contributed by atoms with Crippen LogP contribution in [-0.4, -0.2) is 69.6 Å². The van der Waals surface area contributed by atoms with Crippen molar-refractivity contribution in [2.75, 3.05) is 32.9 Å². The first kappa shape index (κ1) is 23.8. The van der Waals surface area contributed by atoms with Gasteiger partial charge in [-0.05, 0) is 38.8 Å². The second-order valence-electron chi connectivity index (χ2n) is 7.77. The van der Waals surface area contributed by atoms with E-state index in [-0.39, 0.29) is 36.9 Å². The van der Waals surface area contributed by atoms with Crippen molar-refractivity contribution in [2.45, 2.75) is 37.6 Å². The molecule has 2 aliphatic heterocycles. The molecule has 1 aromatic rings. The monoisotopic (exact) mass is 469 g/mol. The Morgan fingerprint density at radius 2 is 1.78 bits per heavy atom. The quantitative estimate of drug-likeness (QED) is 0.579. The Kier molecular flexibility index (Phi) is 7.56. The van der Waals surface area contributed by atoms with Crippen LogP contribution >= 0.6 is 0 Å². The number of benzene rings is 1. The van der Waals surface area contributed by atoms with Gasteiger partial charge in [0.1, 0.15) is 13.2 Å². The maximum atomic E-state index is 13.0. The molecule has 11 nitrogen and oxygen atoms in total. The van der Waals surface area contributed by atoms with Crippen molar-refractivity contribution < 1.29 is 37.0 Å². The van der Waals surface area contributed by atoms with Crippen molar-refractivity contribution in [3.63, 3.8) is 0 Å². The third-order valence-electron chi connectivity index (χ3n) is 4.96. The number of nitrogens with one attached hydrogen (secondary N) is 2. The highest BCUT2D eigenvalue weighted by Crippen LogP contribution is 2.34. The summed E-state index contributed by atoms with van der Waals surface area (Å²) < 4.78 is 43.1. The van der Waals surface area contributed by atoms with Crippen LogP contribution in [0.15, 0.2) is 23.1 Å². The van der Waals surface area contributed by atoms with Crippen LogP contribution in [0.2, 0.25) is 0 Å². The Bertz CT molecular complexity index is 971. The lowest BCUT2D eigenvalue weighted by Gasteiger charge is -2.30. The Labute approximate surface area is 186 Å². The van der Waals surface area contributed by atoms with Crippen molar-refractivity contribution in [1.29, 1.82) is 0 Å². The van der Waals surface area contributed by atoms with E-state index in [2.05, 4.69) is 10.6 Å². The van der Waals surface area contributed by atoms with E-state index < -0.39 is 40.5 Å². The van der Waals surface area contributed by atoms with Crippen LogP contribution in [0.3, 0.4) is 0 Å². The molecule has 0 aromatic heterocycles. The number of amides is 3. The molecule has 0 atom stereocenters. The van der Waals surface area contributed by atoms with Gasteiger partial charge >= 0.3 is 12.0 Å². The van der Waals surface area contributed by atoms with Crippen LogP contribution in [0.5, 0.6) is 11.5 Å². The molecule has 3 amide bonds. The number of carbonyl (C=O) groups excluding carboxylic acids is 3. The van der Waals surface area contributed by atoms with Gasteiger partial charge in [0.2, 0.25) is 10.0 Å². The highest BCUT2D eigenvalue weighted by molar-refractivity contribution is 7.89. The van der Waals surface area contributed by atoms with Crippen molar-refractivity contribution in [3.8, 4) is 11.5 Å². The molecule has 0 aliphatic carbocycles. The lowest BCUT2D eigenvalue weighted by molar-refractivity contribution is -0.153. The summed E-state index contributed by atoms with van der Waals surface area (Å²) in [6.07, 6.45) is 0.524. The maximum Gasteiger partial charge on any atom is 0.321 e. The number of carbonyl (C=O) groups is 3. The fourth-order valence-electron chi connectivity index (χ4n) is 3.38. The number of esters is 1. The molecule has 1 aromatic carbocycles. The number of fused-ring (bicyclic) bond motifs is 1. The van der Waals surface area contributed by atoms with Crippen molar-refractivity contribution >= 4 is 27.9 Å². The summed E-state index contributed by atoms with van der Waals surface area (Å²) in [4.78, 5) is 35.5. The number of urea groups is 1. The van der Waals surface area contributed by atoms with Gasteiger partial charge < -0.3 is 19.5 Å². The standard InChI is InChI=1S/C20H27N3O8S/c1-13(2)21-20(26)22-18(24)12-31-19(25)14-5-7-23(8-6-14)32(27,28)15-3-4-16-17(11-15)30-10-9-29-16/h3-4,11,13-14H,5-10,12H2,1-2H3,(H2,21,22,24,26). The van der Waals surface area contributed by atoms with Gasteiger partial charge in [-0.2, -0.15) is 4.31 Å². The zero-order chi connectivity index (χ0) is 23.3. The highest BCUT2D eigenvalue weighted by atomic mass is 32.2. The summed E-state index contributed by atoms with van der Waals surface area (Å²) in [5.74, 6) is -0.978. The van der Waals surface area contributed by atoms with Gasteiger partial charge in [0.05, 0.1) is 10.8 Å². The van der Waals surface area contributed by atoms with Crippen molar-refractivity contribution in [3.05, 3.63) is 18.2 Å². The van der Waals surface area contributed by atoms with Crippen LogP contribution in [0.25, 0.3) is 0 Å². The molecule has 2 heterocycles. The van der Waals surface area contributed by atoms with Crippen molar-refractivity contribution in [2.24, 2.45) is 5.92 Å².